The monoisotopic (exact) mass is 155 g/mol. The van der Waals surface area contributed by atoms with E-state index in [1.54, 1.807) is 7.05 Å². The Hall–Kier alpha value is -1.24. The lowest BCUT2D eigenvalue weighted by Gasteiger charge is -2.22. The zero-order valence-electron chi connectivity index (χ0n) is 7.09. The van der Waals surface area contributed by atoms with Crippen molar-refractivity contribution in [3.63, 3.8) is 0 Å². The first kappa shape index (κ1) is 9.76. The molecule has 2 amide bonds. The Morgan fingerprint density at radius 3 is 2.55 bits per heavy atom. The second kappa shape index (κ2) is 4.56. The second-order valence-corrected chi connectivity index (χ2v) is 2.43. The number of urea groups is 1. The number of rotatable bonds is 2. The van der Waals surface area contributed by atoms with Crippen molar-refractivity contribution in [2.45, 2.75) is 19.9 Å². The van der Waals surface area contributed by atoms with Crippen LogP contribution in [0.1, 0.15) is 13.8 Å². The summed E-state index contributed by atoms with van der Waals surface area (Å²) in [6.07, 6.45) is 0. The predicted molar refractivity (Wildman–Crippen MR) is 41.9 cm³/mol. The first-order valence-corrected chi connectivity index (χ1v) is 3.48. The number of amides is 2. The van der Waals surface area contributed by atoms with Gasteiger partial charge in [0.05, 0.1) is 6.07 Å². The van der Waals surface area contributed by atoms with Gasteiger partial charge in [-0.1, -0.05) is 0 Å². The molecule has 0 aromatic rings. The van der Waals surface area contributed by atoms with Gasteiger partial charge in [-0.3, -0.25) is 0 Å². The van der Waals surface area contributed by atoms with Crippen LogP contribution in [0.5, 0.6) is 0 Å². The van der Waals surface area contributed by atoms with E-state index in [4.69, 9.17) is 5.26 Å². The third-order valence-electron chi connectivity index (χ3n) is 1.34. The molecule has 62 valence electrons. The Balaban J connectivity index is 4.12. The van der Waals surface area contributed by atoms with Crippen LogP contribution in [0.3, 0.4) is 0 Å². The molecule has 0 unspecified atom stereocenters. The van der Waals surface area contributed by atoms with Gasteiger partial charge in [-0.15, -0.1) is 0 Å². The van der Waals surface area contributed by atoms with Crippen molar-refractivity contribution in [2.24, 2.45) is 0 Å². The summed E-state index contributed by atoms with van der Waals surface area (Å²) in [7, 11) is 1.55. The molecule has 0 aliphatic rings. The Kier molecular flexibility index (Phi) is 4.04. The number of hydrogen-bond acceptors (Lipinski definition) is 2. The molecule has 4 nitrogen and oxygen atoms in total. The van der Waals surface area contributed by atoms with Crippen molar-refractivity contribution in [1.82, 2.24) is 10.2 Å². The molecule has 0 aliphatic carbocycles. The van der Waals surface area contributed by atoms with Crippen LogP contribution in [0.4, 0.5) is 4.79 Å². The van der Waals surface area contributed by atoms with E-state index in [1.165, 1.54) is 4.90 Å². The number of nitrogens with one attached hydrogen (secondary N) is 1. The molecule has 0 radical (unpaired) electrons. The minimum absolute atomic E-state index is 0.0644. The van der Waals surface area contributed by atoms with Crippen molar-refractivity contribution < 1.29 is 4.79 Å². The van der Waals surface area contributed by atoms with Crippen LogP contribution < -0.4 is 5.32 Å². The lowest BCUT2D eigenvalue weighted by molar-refractivity contribution is 0.193. The highest BCUT2D eigenvalue weighted by molar-refractivity contribution is 5.74. The van der Waals surface area contributed by atoms with Gasteiger partial charge < -0.3 is 10.2 Å². The average molecular weight is 155 g/mol. The standard InChI is InChI=1S/C7H13N3O/c1-6(2)10(5-4-8)7(11)9-3/h6H,5H2,1-3H3,(H,9,11). The number of carbonyl (C=O) groups excluding carboxylic acids is 1. The maximum Gasteiger partial charge on any atom is 0.318 e. The van der Waals surface area contributed by atoms with E-state index >= 15 is 0 Å². The first-order valence-electron chi connectivity index (χ1n) is 3.48. The van der Waals surface area contributed by atoms with E-state index < -0.39 is 0 Å². The number of carbonyl (C=O) groups is 1. The van der Waals surface area contributed by atoms with E-state index in [0.29, 0.717) is 0 Å². The highest BCUT2D eigenvalue weighted by Crippen LogP contribution is 1.96. The molecule has 0 aliphatic heterocycles. The van der Waals surface area contributed by atoms with Crippen LogP contribution in [0.25, 0.3) is 0 Å². The molecule has 11 heavy (non-hydrogen) atoms. The smallest absolute Gasteiger partial charge is 0.318 e. The fraction of sp³-hybridized carbons (Fsp3) is 0.714. The zero-order chi connectivity index (χ0) is 8.85. The Morgan fingerprint density at radius 2 is 2.27 bits per heavy atom. The van der Waals surface area contributed by atoms with Crippen LogP contribution >= 0.6 is 0 Å². The number of nitriles is 1. The van der Waals surface area contributed by atoms with Crippen molar-refractivity contribution in [1.29, 1.82) is 5.26 Å². The molecule has 0 fully saturated rings. The van der Waals surface area contributed by atoms with Gasteiger partial charge in [0, 0.05) is 13.1 Å². The summed E-state index contributed by atoms with van der Waals surface area (Å²) >= 11 is 0. The lowest BCUT2D eigenvalue weighted by Crippen LogP contribution is -2.42. The summed E-state index contributed by atoms with van der Waals surface area (Å²) in [5, 5.41) is 10.8. The fourth-order valence-electron chi connectivity index (χ4n) is 0.709. The predicted octanol–water partition coefficient (Wildman–Crippen LogP) is 0.560. The second-order valence-electron chi connectivity index (χ2n) is 2.43. The Morgan fingerprint density at radius 1 is 1.73 bits per heavy atom. The summed E-state index contributed by atoms with van der Waals surface area (Å²) in [5.74, 6) is 0. The molecule has 0 saturated carbocycles. The number of nitrogens with zero attached hydrogens (tertiary/aromatic N) is 2. The molecule has 0 saturated heterocycles. The first-order chi connectivity index (χ1) is 5.13. The zero-order valence-corrected chi connectivity index (χ0v) is 7.09. The van der Waals surface area contributed by atoms with Crippen LogP contribution in [-0.2, 0) is 0 Å². The van der Waals surface area contributed by atoms with E-state index in [9.17, 15) is 4.79 Å². The molecule has 0 aromatic heterocycles. The topological polar surface area (TPSA) is 56.1 Å². The molecule has 1 N–H and O–H groups in total. The van der Waals surface area contributed by atoms with E-state index in [0.717, 1.165) is 0 Å². The van der Waals surface area contributed by atoms with Gasteiger partial charge in [-0.2, -0.15) is 5.26 Å². The summed E-state index contributed by atoms with van der Waals surface area (Å²) in [6, 6.07) is 1.79. The van der Waals surface area contributed by atoms with Crippen LogP contribution in [0, 0.1) is 11.3 Å². The summed E-state index contributed by atoms with van der Waals surface area (Å²) in [6.45, 7) is 3.87. The van der Waals surface area contributed by atoms with E-state index in [-0.39, 0.29) is 18.6 Å². The molecule has 0 aromatic carbocycles. The highest BCUT2D eigenvalue weighted by Gasteiger charge is 2.13. The van der Waals surface area contributed by atoms with E-state index in [1.807, 2.05) is 19.9 Å². The maximum absolute atomic E-state index is 11.0. The third kappa shape index (κ3) is 2.89. The molecule has 4 heteroatoms. The van der Waals surface area contributed by atoms with Gasteiger partial charge in [-0.25, -0.2) is 4.79 Å². The van der Waals surface area contributed by atoms with Gasteiger partial charge in [0.25, 0.3) is 0 Å². The average Bonchev–Trinajstić information content (AvgIpc) is 1.98. The summed E-state index contributed by atoms with van der Waals surface area (Å²) in [4.78, 5) is 12.5. The highest BCUT2D eigenvalue weighted by atomic mass is 16.2. The Bertz CT molecular complexity index is 171. The maximum atomic E-state index is 11.0. The quantitative estimate of drug-likeness (QED) is 0.592. The van der Waals surface area contributed by atoms with Gasteiger partial charge >= 0.3 is 6.03 Å². The SMILES string of the molecule is CNC(=O)N(CC#N)C(C)C. The lowest BCUT2D eigenvalue weighted by atomic mass is 10.3. The molecule has 0 bridgehead atoms. The molecule has 0 rings (SSSR count). The van der Waals surface area contributed by atoms with Gasteiger partial charge in [0.2, 0.25) is 0 Å². The van der Waals surface area contributed by atoms with Crippen LogP contribution in [0.2, 0.25) is 0 Å². The van der Waals surface area contributed by atoms with Gasteiger partial charge in [0.15, 0.2) is 0 Å². The molecule has 0 spiro atoms. The van der Waals surface area contributed by atoms with Crippen molar-refractivity contribution in [3.05, 3.63) is 0 Å². The van der Waals surface area contributed by atoms with E-state index in [2.05, 4.69) is 5.32 Å². The Labute approximate surface area is 66.8 Å². The van der Waals surface area contributed by atoms with Gasteiger partial charge in [0.1, 0.15) is 6.54 Å². The van der Waals surface area contributed by atoms with Crippen LogP contribution in [0.15, 0.2) is 0 Å². The molecule has 0 atom stereocenters. The molecular weight excluding hydrogens is 142 g/mol. The minimum atomic E-state index is -0.207. The van der Waals surface area contributed by atoms with Crippen molar-refractivity contribution >= 4 is 6.03 Å². The summed E-state index contributed by atoms with van der Waals surface area (Å²) < 4.78 is 0. The van der Waals surface area contributed by atoms with Crippen LogP contribution in [-0.4, -0.2) is 30.6 Å². The van der Waals surface area contributed by atoms with Crippen molar-refractivity contribution in [2.75, 3.05) is 13.6 Å². The largest absolute Gasteiger partial charge is 0.341 e. The van der Waals surface area contributed by atoms with Crippen molar-refractivity contribution in [3.8, 4) is 6.07 Å². The summed E-state index contributed by atoms with van der Waals surface area (Å²) in [5.41, 5.74) is 0. The third-order valence-corrected chi connectivity index (χ3v) is 1.34. The minimum Gasteiger partial charge on any atom is -0.341 e. The molecular formula is C7H13N3O. The number of hydrogen-bond donors (Lipinski definition) is 1. The molecule has 0 heterocycles. The fourth-order valence-corrected chi connectivity index (χ4v) is 0.709. The normalized spacial score (nSPS) is 9.00. The van der Waals surface area contributed by atoms with Gasteiger partial charge in [-0.05, 0) is 13.8 Å².